The van der Waals surface area contributed by atoms with Crippen molar-refractivity contribution in [1.29, 1.82) is 0 Å². The van der Waals surface area contributed by atoms with Crippen LogP contribution in [0.4, 0.5) is 0 Å². The standard InChI is InChI=1S/2C4H4N2O2.Ca/c2*7-3-1-2-4(8)6-5-3;/h2*1-2H,(H,5,7)(H,6,8);/q;;+2/p-2. The fraction of sp³-hybridized carbons (Fsp3) is 0. The van der Waals surface area contributed by atoms with Crippen molar-refractivity contribution in [3.8, 4) is 11.8 Å². The first-order valence-corrected chi connectivity index (χ1v) is 4.03. The maximum Gasteiger partial charge on any atom is 2.00 e. The summed E-state index contributed by atoms with van der Waals surface area (Å²) in [6.07, 6.45) is 0. The second-order valence-corrected chi connectivity index (χ2v) is 2.52. The van der Waals surface area contributed by atoms with E-state index in [4.69, 9.17) is 0 Å². The molecule has 0 unspecified atom stereocenters. The van der Waals surface area contributed by atoms with Crippen LogP contribution < -0.4 is 21.3 Å². The van der Waals surface area contributed by atoms with Crippen LogP contribution in [0.2, 0.25) is 0 Å². The number of H-pyrrole nitrogens is 2. The largest absolute Gasteiger partial charge is 2.00 e. The first-order valence-electron chi connectivity index (χ1n) is 4.03. The summed E-state index contributed by atoms with van der Waals surface area (Å²) < 4.78 is 0. The summed E-state index contributed by atoms with van der Waals surface area (Å²) in [4.78, 5) is 20.3. The van der Waals surface area contributed by atoms with Crippen LogP contribution in [0.1, 0.15) is 0 Å². The van der Waals surface area contributed by atoms with Crippen molar-refractivity contribution in [2.45, 2.75) is 0 Å². The molecule has 0 aromatic carbocycles. The zero-order chi connectivity index (χ0) is 12.0. The van der Waals surface area contributed by atoms with Gasteiger partial charge in [-0.05, 0) is 12.1 Å². The van der Waals surface area contributed by atoms with E-state index in [1.54, 1.807) is 0 Å². The molecule has 0 spiro atoms. The summed E-state index contributed by atoms with van der Waals surface area (Å²) in [5.41, 5.74) is -0.714. The van der Waals surface area contributed by atoms with Crippen LogP contribution in [-0.2, 0) is 0 Å². The van der Waals surface area contributed by atoms with Gasteiger partial charge in [0.25, 0.3) is 11.1 Å². The Hall–Kier alpha value is -1.38. The molecule has 0 saturated carbocycles. The van der Waals surface area contributed by atoms with E-state index in [1.807, 2.05) is 10.2 Å². The summed E-state index contributed by atoms with van der Waals surface area (Å²) >= 11 is 0. The SMILES string of the molecule is O=c1ccc([O-])n[nH]1.O=c1ccc([O-])n[nH]1.[Ca+2]. The van der Waals surface area contributed by atoms with E-state index in [9.17, 15) is 19.8 Å². The zero-order valence-electron chi connectivity index (χ0n) is 8.54. The molecule has 0 aliphatic rings. The van der Waals surface area contributed by atoms with Crippen LogP contribution in [0.25, 0.3) is 0 Å². The van der Waals surface area contributed by atoms with E-state index in [-0.39, 0.29) is 48.9 Å². The van der Waals surface area contributed by atoms with Crippen molar-refractivity contribution in [1.82, 2.24) is 20.4 Å². The number of nitrogens with one attached hydrogen (secondary N) is 2. The molecule has 8 nitrogen and oxygen atoms in total. The van der Waals surface area contributed by atoms with Gasteiger partial charge in [-0.15, -0.1) is 0 Å². The molecule has 0 bridgehead atoms. The molecule has 17 heavy (non-hydrogen) atoms. The smallest absolute Gasteiger partial charge is 0.857 e. The van der Waals surface area contributed by atoms with Gasteiger partial charge in [0.2, 0.25) is 0 Å². The predicted molar refractivity (Wildman–Crippen MR) is 54.4 cm³/mol. The van der Waals surface area contributed by atoms with E-state index >= 15 is 0 Å². The molecule has 2 aromatic rings. The van der Waals surface area contributed by atoms with E-state index in [0.29, 0.717) is 0 Å². The van der Waals surface area contributed by atoms with Crippen molar-refractivity contribution in [2.75, 3.05) is 0 Å². The Labute approximate surface area is 124 Å². The summed E-state index contributed by atoms with van der Waals surface area (Å²) in [7, 11) is 0. The monoisotopic (exact) mass is 262 g/mol. The third kappa shape index (κ3) is 6.72. The minimum Gasteiger partial charge on any atom is -0.857 e. The van der Waals surface area contributed by atoms with Gasteiger partial charge < -0.3 is 10.2 Å². The van der Waals surface area contributed by atoms with Crippen molar-refractivity contribution >= 4 is 37.7 Å². The third-order valence-corrected chi connectivity index (χ3v) is 1.31. The Balaban J connectivity index is 0.000000284. The van der Waals surface area contributed by atoms with Crippen LogP contribution in [0.5, 0.6) is 11.8 Å². The molecule has 84 valence electrons. The van der Waals surface area contributed by atoms with Crippen molar-refractivity contribution in [3.63, 3.8) is 0 Å². The number of hydrogen-bond donors (Lipinski definition) is 2. The Morgan fingerprint density at radius 2 is 1.18 bits per heavy atom. The molecule has 2 N–H and O–H groups in total. The molecule has 0 saturated heterocycles. The summed E-state index contributed by atoms with van der Waals surface area (Å²) in [5.74, 6) is -0.853. The average Bonchev–Trinajstić information content (AvgIpc) is 2.28. The molecule has 0 aliphatic carbocycles. The van der Waals surface area contributed by atoms with E-state index in [2.05, 4.69) is 10.2 Å². The van der Waals surface area contributed by atoms with Gasteiger partial charge in [0.1, 0.15) is 0 Å². The average molecular weight is 262 g/mol. The van der Waals surface area contributed by atoms with Crippen LogP contribution in [0.15, 0.2) is 33.9 Å². The summed E-state index contributed by atoms with van der Waals surface area (Å²) in [6.45, 7) is 0. The fourth-order valence-electron chi connectivity index (χ4n) is 0.663. The number of nitrogens with zero attached hydrogens (tertiary/aromatic N) is 2. The second kappa shape index (κ2) is 7.82. The maximum atomic E-state index is 10.2. The first kappa shape index (κ1) is 15.6. The molecule has 0 amide bonds. The van der Waals surface area contributed by atoms with Crippen LogP contribution in [0, 0.1) is 0 Å². The molecular weight excluding hydrogens is 256 g/mol. The van der Waals surface area contributed by atoms with E-state index < -0.39 is 11.8 Å². The Bertz CT molecular complexity index is 475. The van der Waals surface area contributed by atoms with E-state index in [0.717, 1.165) is 24.3 Å². The van der Waals surface area contributed by atoms with Gasteiger partial charge in [0, 0.05) is 23.9 Å². The molecule has 2 rings (SSSR count). The Kier molecular flexibility index (Phi) is 7.19. The fourth-order valence-corrected chi connectivity index (χ4v) is 0.663. The van der Waals surface area contributed by atoms with Crippen LogP contribution in [0.3, 0.4) is 0 Å². The molecule has 0 radical (unpaired) electrons. The third-order valence-electron chi connectivity index (χ3n) is 1.31. The summed E-state index contributed by atoms with van der Waals surface area (Å²) in [5, 5.41) is 30.4. The minimum absolute atomic E-state index is 0. The minimum atomic E-state index is -0.426. The molecule has 2 heterocycles. The maximum absolute atomic E-state index is 10.2. The molecule has 0 aliphatic heterocycles. The van der Waals surface area contributed by atoms with Crippen LogP contribution >= 0.6 is 0 Å². The first-order chi connectivity index (χ1) is 7.58. The molecule has 0 atom stereocenters. The van der Waals surface area contributed by atoms with Gasteiger partial charge >= 0.3 is 37.7 Å². The van der Waals surface area contributed by atoms with Crippen molar-refractivity contribution in [2.24, 2.45) is 0 Å². The molecule has 0 fully saturated rings. The normalized spacial score (nSPS) is 8.47. The van der Waals surface area contributed by atoms with Crippen LogP contribution in [-0.4, -0.2) is 58.1 Å². The van der Waals surface area contributed by atoms with Crippen molar-refractivity contribution < 1.29 is 10.2 Å². The van der Waals surface area contributed by atoms with Gasteiger partial charge in [-0.3, -0.25) is 9.59 Å². The van der Waals surface area contributed by atoms with Gasteiger partial charge in [0.05, 0.1) is 0 Å². The molecular formula is C8H6CaN4O4. The zero-order valence-corrected chi connectivity index (χ0v) is 10.8. The number of aromatic nitrogens is 4. The number of aromatic amines is 2. The van der Waals surface area contributed by atoms with E-state index in [1.165, 1.54) is 0 Å². The van der Waals surface area contributed by atoms with Gasteiger partial charge in [-0.2, -0.15) is 10.2 Å². The Morgan fingerprint density at radius 1 is 0.824 bits per heavy atom. The molecule has 2 aromatic heterocycles. The van der Waals surface area contributed by atoms with Gasteiger partial charge in [0.15, 0.2) is 0 Å². The van der Waals surface area contributed by atoms with Gasteiger partial charge in [-0.25, -0.2) is 10.2 Å². The number of rotatable bonds is 0. The topological polar surface area (TPSA) is 138 Å². The Morgan fingerprint density at radius 3 is 1.35 bits per heavy atom. The summed E-state index contributed by atoms with van der Waals surface area (Å²) in [6, 6.07) is 4.49. The van der Waals surface area contributed by atoms with Gasteiger partial charge in [-0.1, -0.05) is 0 Å². The van der Waals surface area contributed by atoms with Crippen molar-refractivity contribution in [3.05, 3.63) is 45.0 Å². The number of hydrogen-bond acceptors (Lipinski definition) is 6. The molecule has 9 heteroatoms. The second-order valence-electron chi connectivity index (χ2n) is 2.52. The predicted octanol–water partition coefficient (Wildman–Crippen LogP) is -2.69. The quantitative estimate of drug-likeness (QED) is 0.496.